The molecule has 0 aliphatic rings. The molecule has 1 atom stereocenters. The second-order valence-corrected chi connectivity index (χ2v) is 6.37. The molecule has 0 fully saturated rings. The molecule has 0 saturated heterocycles. The van der Waals surface area contributed by atoms with Crippen LogP contribution < -0.4 is 15.5 Å². The standard InChI is InChI=1S/C18H17ClF3N3O2/c1-25(11-17(27)24-15-8-3-2-7-14(15)19)10-16(26)23-13-6-4-5-12(9-13)18(20,21)22/h2-9H,10-11H2,1H3,(H,23,26)(H,24,27)/p+1. The van der Waals surface area contributed by atoms with Crippen molar-refractivity contribution in [2.45, 2.75) is 6.18 Å². The zero-order valence-corrected chi connectivity index (χ0v) is 15.1. The summed E-state index contributed by atoms with van der Waals surface area (Å²) < 4.78 is 38.1. The molecule has 0 aliphatic heterocycles. The molecule has 5 nitrogen and oxygen atoms in total. The normalized spacial score (nSPS) is 12.3. The summed E-state index contributed by atoms with van der Waals surface area (Å²) in [5, 5.41) is 5.44. The molecular weight excluding hydrogens is 383 g/mol. The average molecular weight is 401 g/mol. The monoisotopic (exact) mass is 400 g/mol. The van der Waals surface area contributed by atoms with Crippen LogP contribution in [0.5, 0.6) is 0 Å². The number of alkyl halides is 3. The van der Waals surface area contributed by atoms with Gasteiger partial charge in [0.15, 0.2) is 13.1 Å². The SMILES string of the molecule is C[NH+](CC(=O)Nc1cccc(C(F)(F)F)c1)CC(=O)Nc1ccccc1Cl. The van der Waals surface area contributed by atoms with Crippen molar-refractivity contribution in [2.75, 3.05) is 30.8 Å². The first-order valence-electron chi connectivity index (χ1n) is 7.98. The van der Waals surface area contributed by atoms with Crippen LogP contribution >= 0.6 is 11.6 Å². The number of para-hydroxylation sites is 1. The van der Waals surface area contributed by atoms with Gasteiger partial charge in [0.1, 0.15) is 0 Å². The molecule has 0 aromatic heterocycles. The molecule has 2 aromatic carbocycles. The number of amides is 2. The second kappa shape index (κ2) is 8.88. The van der Waals surface area contributed by atoms with Gasteiger partial charge in [0.25, 0.3) is 11.8 Å². The van der Waals surface area contributed by atoms with Crippen molar-refractivity contribution in [3.63, 3.8) is 0 Å². The summed E-state index contributed by atoms with van der Waals surface area (Å²) in [6, 6.07) is 11.1. The van der Waals surface area contributed by atoms with E-state index in [1.807, 2.05) is 0 Å². The molecule has 0 bridgehead atoms. The fraction of sp³-hybridized carbons (Fsp3) is 0.222. The van der Waals surface area contributed by atoms with Crippen LogP contribution in [0.25, 0.3) is 0 Å². The minimum atomic E-state index is -4.49. The van der Waals surface area contributed by atoms with Gasteiger partial charge < -0.3 is 15.5 Å². The first-order chi connectivity index (χ1) is 12.6. The van der Waals surface area contributed by atoms with E-state index < -0.39 is 17.6 Å². The van der Waals surface area contributed by atoms with Crippen molar-refractivity contribution in [3.05, 3.63) is 59.1 Å². The van der Waals surface area contributed by atoms with Gasteiger partial charge in [-0.3, -0.25) is 9.59 Å². The third-order valence-corrected chi connectivity index (χ3v) is 3.88. The Morgan fingerprint density at radius 1 is 1.00 bits per heavy atom. The largest absolute Gasteiger partial charge is 0.416 e. The molecule has 2 amide bonds. The maximum atomic E-state index is 12.7. The van der Waals surface area contributed by atoms with Gasteiger partial charge in [0.2, 0.25) is 0 Å². The molecule has 1 unspecified atom stereocenters. The van der Waals surface area contributed by atoms with E-state index in [0.717, 1.165) is 12.1 Å². The maximum absolute atomic E-state index is 12.7. The molecule has 144 valence electrons. The van der Waals surface area contributed by atoms with E-state index in [2.05, 4.69) is 10.6 Å². The first-order valence-corrected chi connectivity index (χ1v) is 8.36. The summed E-state index contributed by atoms with van der Waals surface area (Å²) in [6.45, 7) is -0.104. The average Bonchev–Trinajstić information content (AvgIpc) is 2.56. The molecule has 2 rings (SSSR count). The van der Waals surface area contributed by atoms with Crippen LogP contribution in [0.15, 0.2) is 48.5 Å². The van der Waals surface area contributed by atoms with Gasteiger partial charge in [0.05, 0.1) is 23.3 Å². The molecule has 27 heavy (non-hydrogen) atoms. The predicted octanol–water partition coefficient (Wildman–Crippen LogP) is 2.45. The lowest BCUT2D eigenvalue weighted by molar-refractivity contribution is -0.862. The Morgan fingerprint density at radius 2 is 1.63 bits per heavy atom. The number of nitrogens with one attached hydrogen (secondary N) is 3. The number of benzene rings is 2. The minimum absolute atomic E-state index is 0.0127. The summed E-state index contributed by atoms with van der Waals surface area (Å²) in [5.74, 6) is -0.843. The topological polar surface area (TPSA) is 62.6 Å². The van der Waals surface area contributed by atoms with Gasteiger partial charge in [-0.1, -0.05) is 29.8 Å². The fourth-order valence-corrected chi connectivity index (χ4v) is 2.53. The van der Waals surface area contributed by atoms with Crippen molar-refractivity contribution < 1.29 is 27.7 Å². The fourth-order valence-electron chi connectivity index (χ4n) is 2.35. The molecule has 3 N–H and O–H groups in total. The third-order valence-electron chi connectivity index (χ3n) is 3.55. The Morgan fingerprint density at radius 3 is 2.26 bits per heavy atom. The Balaban J connectivity index is 1.87. The number of rotatable bonds is 6. The number of carbonyl (C=O) groups is 2. The molecule has 0 radical (unpaired) electrons. The van der Waals surface area contributed by atoms with Crippen molar-refractivity contribution in [1.82, 2.24) is 0 Å². The Hall–Kier alpha value is -2.58. The number of quaternary nitrogens is 1. The van der Waals surface area contributed by atoms with E-state index in [4.69, 9.17) is 11.6 Å². The van der Waals surface area contributed by atoms with Crippen LogP contribution in [0.4, 0.5) is 24.5 Å². The van der Waals surface area contributed by atoms with Gasteiger partial charge in [-0.25, -0.2) is 0 Å². The zero-order chi connectivity index (χ0) is 20.0. The number of carbonyl (C=O) groups excluding carboxylic acids is 2. The molecule has 0 heterocycles. The minimum Gasteiger partial charge on any atom is -0.322 e. The summed E-state index contributed by atoms with van der Waals surface area (Å²) in [7, 11) is 1.62. The van der Waals surface area contributed by atoms with E-state index in [9.17, 15) is 22.8 Å². The van der Waals surface area contributed by atoms with Gasteiger partial charge in [-0.05, 0) is 30.3 Å². The molecule has 0 aliphatic carbocycles. The van der Waals surface area contributed by atoms with Crippen molar-refractivity contribution in [1.29, 1.82) is 0 Å². The lowest BCUT2D eigenvalue weighted by Gasteiger charge is -2.14. The van der Waals surface area contributed by atoms with E-state index in [1.165, 1.54) is 12.1 Å². The lowest BCUT2D eigenvalue weighted by atomic mass is 10.2. The second-order valence-electron chi connectivity index (χ2n) is 5.97. The predicted molar refractivity (Wildman–Crippen MR) is 96.8 cm³/mol. The number of likely N-dealkylation sites (N-methyl/N-ethyl adjacent to an activating group) is 1. The highest BCUT2D eigenvalue weighted by atomic mass is 35.5. The number of anilines is 2. The highest BCUT2D eigenvalue weighted by Crippen LogP contribution is 2.30. The Labute approximate surface area is 159 Å². The van der Waals surface area contributed by atoms with E-state index in [-0.39, 0.29) is 24.7 Å². The Kier molecular flexibility index (Phi) is 6.81. The van der Waals surface area contributed by atoms with Gasteiger partial charge in [-0.15, -0.1) is 0 Å². The zero-order valence-electron chi connectivity index (χ0n) is 14.4. The summed E-state index contributed by atoms with van der Waals surface area (Å²) in [5.41, 5.74) is -0.339. The van der Waals surface area contributed by atoms with Crippen molar-refractivity contribution >= 4 is 34.8 Å². The number of hydrogen-bond acceptors (Lipinski definition) is 2. The van der Waals surface area contributed by atoms with Crippen LogP contribution in [0.1, 0.15) is 5.56 Å². The molecule has 2 aromatic rings. The first kappa shape index (κ1) is 20.7. The number of hydrogen-bond donors (Lipinski definition) is 3. The number of halogens is 4. The highest BCUT2D eigenvalue weighted by molar-refractivity contribution is 6.33. The third kappa shape index (κ3) is 6.58. The van der Waals surface area contributed by atoms with E-state index in [0.29, 0.717) is 15.6 Å². The molecule has 9 heteroatoms. The van der Waals surface area contributed by atoms with E-state index in [1.54, 1.807) is 31.3 Å². The molecule has 0 saturated carbocycles. The van der Waals surface area contributed by atoms with Gasteiger partial charge in [-0.2, -0.15) is 13.2 Å². The van der Waals surface area contributed by atoms with Crippen LogP contribution in [0, 0.1) is 0 Å². The van der Waals surface area contributed by atoms with Crippen molar-refractivity contribution in [2.24, 2.45) is 0 Å². The van der Waals surface area contributed by atoms with Crippen LogP contribution in [-0.4, -0.2) is 32.0 Å². The quantitative estimate of drug-likeness (QED) is 0.697. The smallest absolute Gasteiger partial charge is 0.322 e. The maximum Gasteiger partial charge on any atom is 0.416 e. The highest BCUT2D eigenvalue weighted by Gasteiger charge is 2.30. The summed E-state index contributed by atoms with van der Waals surface area (Å²) >= 11 is 5.96. The molecular formula is C18H18ClF3N3O2+. The lowest BCUT2D eigenvalue weighted by Crippen LogP contribution is -3.11. The molecule has 0 spiro atoms. The van der Waals surface area contributed by atoms with Crippen LogP contribution in [-0.2, 0) is 15.8 Å². The van der Waals surface area contributed by atoms with Crippen LogP contribution in [0.3, 0.4) is 0 Å². The summed E-state index contributed by atoms with van der Waals surface area (Å²) in [6.07, 6.45) is -4.49. The van der Waals surface area contributed by atoms with Crippen LogP contribution in [0.2, 0.25) is 5.02 Å². The Bertz CT molecular complexity index is 827. The van der Waals surface area contributed by atoms with Crippen molar-refractivity contribution in [3.8, 4) is 0 Å². The van der Waals surface area contributed by atoms with Gasteiger partial charge in [0, 0.05) is 5.69 Å². The van der Waals surface area contributed by atoms with E-state index >= 15 is 0 Å². The summed E-state index contributed by atoms with van der Waals surface area (Å²) in [4.78, 5) is 24.6. The van der Waals surface area contributed by atoms with Gasteiger partial charge >= 0.3 is 6.18 Å².